The van der Waals surface area contributed by atoms with Crippen LogP contribution in [0.3, 0.4) is 0 Å². The largest absolute Gasteiger partial charge is 0.512 e. The lowest BCUT2D eigenvalue weighted by Crippen LogP contribution is -2.36. The highest BCUT2D eigenvalue weighted by Gasteiger charge is 2.22. The van der Waals surface area contributed by atoms with E-state index in [1.54, 1.807) is 18.2 Å². The summed E-state index contributed by atoms with van der Waals surface area (Å²) in [7, 11) is 0. The average molecular weight is 303 g/mol. The van der Waals surface area contributed by atoms with Crippen LogP contribution in [-0.2, 0) is 4.79 Å². The number of amidine groups is 1. The highest BCUT2D eigenvalue weighted by molar-refractivity contribution is 6.25. The summed E-state index contributed by atoms with van der Waals surface area (Å²) in [6, 6.07) is 5.12. The summed E-state index contributed by atoms with van der Waals surface area (Å²) in [5.41, 5.74) is 0.710. The number of anilines is 1. The third kappa shape index (κ3) is 2.83. The molecule has 2 aliphatic rings. The van der Waals surface area contributed by atoms with E-state index in [9.17, 15) is 9.90 Å². The quantitative estimate of drug-likeness (QED) is 0.582. The Labute approximate surface area is 127 Å². The lowest BCUT2D eigenvalue weighted by atomic mass is 10.1. The van der Waals surface area contributed by atoms with Crippen molar-refractivity contribution >= 4 is 17.4 Å². The molecule has 0 spiro atoms. The van der Waals surface area contributed by atoms with Gasteiger partial charge in [-0.15, -0.1) is 0 Å². The second-order valence-corrected chi connectivity index (χ2v) is 4.99. The van der Waals surface area contributed by atoms with Gasteiger partial charge in [0.15, 0.2) is 11.5 Å². The summed E-state index contributed by atoms with van der Waals surface area (Å²) < 4.78 is 10.5. The molecule has 0 saturated carbocycles. The Balaban J connectivity index is 1.80. The number of carbonyl (C=O) groups excluding carboxylic acids is 1. The predicted octanol–water partition coefficient (Wildman–Crippen LogP) is 1.58. The third-order valence-electron chi connectivity index (χ3n) is 3.35. The zero-order chi connectivity index (χ0) is 15.5. The number of hydrogen-bond donors (Lipinski definition) is 3. The van der Waals surface area contributed by atoms with Crippen LogP contribution in [0.25, 0.3) is 0 Å². The van der Waals surface area contributed by atoms with Crippen molar-refractivity contribution in [2.75, 3.05) is 25.2 Å². The SMILES string of the molecule is C/C(O)=C(/C(=O)Nc1ccc2c(c1)OCO2)C1=NCCCN1. The predicted molar refractivity (Wildman–Crippen MR) is 81.4 cm³/mol. The Morgan fingerprint density at radius 3 is 2.91 bits per heavy atom. The second-order valence-electron chi connectivity index (χ2n) is 4.99. The van der Waals surface area contributed by atoms with E-state index in [0.717, 1.165) is 13.0 Å². The van der Waals surface area contributed by atoms with Crippen molar-refractivity contribution in [1.82, 2.24) is 5.32 Å². The molecule has 0 fully saturated rings. The number of aliphatic hydroxyl groups is 1. The van der Waals surface area contributed by atoms with Crippen molar-refractivity contribution in [2.24, 2.45) is 4.99 Å². The summed E-state index contributed by atoms with van der Waals surface area (Å²) in [5.74, 6) is 1.14. The number of aliphatic hydroxyl groups excluding tert-OH is 1. The van der Waals surface area contributed by atoms with E-state index in [-0.39, 0.29) is 18.1 Å². The van der Waals surface area contributed by atoms with Gasteiger partial charge in [-0.25, -0.2) is 0 Å². The molecule has 7 nitrogen and oxygen atoms in total. The maximum atomic E-state index is 12.4. The molecular formula is C15H17N3O4. The topological polar surface area (TPSA) is 92.2 Å². The minimum atomic E-state index is -0.424. The van der Waals surface area contributed by atoms with Gasteiger partial charge in [-0.05, 0) is 25.5 Å². The van der Waals surface area contributed by atoms with Gasteiger partial charge < -0.3 is 25.2 Å². The van der Waals surface area contributed by atoms with Gasteiger partial charge in [-0.2, -0.15) is 0 Å². The first-order chi connectivity index (χ1) is 10.6. The summed E-state index contributed by atoms with van der Waals surface area (Å²) in [5, 5.41) is 15.6. The maximum absolute atomic E-state index is 12.4. The molecule has 116 valence electrons. The van der Waals surface area contributed by atoms with Gasteiger partial charge in [-0.3, -0.25) is 9.79 Å². The molecule has 0 aromatic heterocycles. The monoisotopic (exact) mass is 303 g/mol. The van der Waals surface area contributed by atoms with Crippen molar-refractivity contribution in [2.45, 2.75) is 13.3 Å². The van der Waals surface area contributed by atoms with E-state index in [0.29, 0.717) is 29.6 Å². The van der Waals surface area contributed by atoms with Crippen molar-refractivity contribution in [3.63, 3.8) is 0 Å². The molecule has 3 N–H and O–H groups in total. The van der Waals surface area contributed by atoms with Crippen LogP contribution in [0.2, 0.25) is 0 Å². The molecule has 1 aromatic carbocycles. The Hall–Kier alpha value is -2.70. The zero-order valence-electron chi connectivity index (χ0n) is 12.2. The Morgan fingerprint density at radius 1 is 1.36 bits per heavy atom. The number of allylic oxidation sites excluding steroid dienone is 1. The Bertz CT molecular complexity index is 663. The van der Waals surface area contributed by atoms with E-state index in [4.69, 9.17) is 9.47 Å². The zero-order valence-corrected chi connectivity index (χ0v) is 12.2. The molecule has 2 heterocycles. The number of rotatable bonds is 3. The molecule has 0 unspecified atom stereocenters. The second kappa shape index (κ2) is 5.97. The molecule has 0 atom stereocenters. The smallest absolute Gasteiger partial charge is 0.262 e. The highest BCUT2D eigenvalue weighted by atomic mass is 16.7. The average Bonchev–Trinajstić information content (AvgIpc) is 2.95. The van der Waals surface area contributed by atoms with Gasteiger partial charge in [0.1, 0.15) is 17.2 Å². The van der Waals surface area contributed by atoms with Gasteiger partial charge in [0.05, 0.1) is 0 Å². The number of carbonyl (C=O) groups is 1. The molecule has 0 aliphatic carbocycles. The summed E-state index contributed by atoms with van der Waals surface area (Å²) >= 11 is 0. The fourth-order valence-corrected chi connectivity index (χ4v) is 2.31. The molecule has 0 bridgehead atoms. The van der Waals surface area contributed by atoms with Gasteiger partial charge in [0.2, 0.25) is 6.79 Å². The summed E-state index contributed by atoms with van der Waals surface area (Å²) in [6.07, 6.45) is 0.908. The molecule has 7 heteroatoms. The minimum Gasteiger partial charge on any atom is -0.512 e. The normalized spacial score (nSPS) is 17.2. The van der Waals surface area contributed by atoms with Crippen LogP contribution in [0.15, 0.2) is 34.5 Å². The lowest BCUT2D eigenvalue weighted by molar-refractivity contribution is -0.112. The molecule has 1 aromatic rings. The summed E-state index contributed by atoms with van der Waals surface area (Å²) in [6.45, 7) is 3.01. The lowest BCUT2D eigenvalue weighted by Gasteiger charge is -2.17. The number of hydrogen-bond acceptors (Lipinski definition) is 6. The highest BCUT2D eigenvalue weighted by Crippen LogP contribution is 2.34. The van der Waals surface area contributed by atoms with E-state index in [1.807, 2.05) is 0 Å². The number of benzene rings is 1. The minimum absolute atomic E-state index is 0.0774. The molecule has 22 heavy (non-hydrogen) atoms. The van der Waals surface area contributed by atoms with Crippen LogP contribution >= 0.6 is 0 Å². The first-order valence-corrected chi connectivity index (χ1v) is 7.04. The standard InChI is InChI=1S/C15H17N3O4/c1-9(19)13(14-16-5-2-6-17-14)15(20)18-10-3-4-11-12(7-10)22-8-21-11/h3-4,7,19H,2,5-6,8H2,1H3,(H,16,17)(H,18,20)/b13-9-. The van der Waals surface area contributed by atoms with Crippen LogP contribution in [0, 0.1) is 0 Å². The van der Waals surface area contributed by atoms with Crippen molar-refractivity contribution < 1.29 is 19.4 Å². The van der Waals surface area contributed by atoms with Gasteiger partial charge in [-0.1, -0.05) is 0 Å². The van der Waals surface area contributed by atoms with Gasteiger partial charge in [0, 0.05) is 24.8 Å². The number of nitrogens with one attached hydrogen (secondary N) is 2. The van der Waals surface area contributed by atoms with E-state index in [1.165, 1.54) is 6.92 Å². The molecular weight excluding hydrogens is 286 g/mol. The van der Waals surface area contributed by atoms with E-state index in [2.05, 4.69) is 15.6 Å². The number of aliphatic imine (C=N–C) groups is 1. The van der Waals surface area contributed by atoms with Gasteiger partial charge in [0.25, 0.3) is 5.91 Å². The maximum Gasteiger partial charge on any atom is 0.262 e. The molecule has 0 saturated heterocycles. The third-order valence-corrected chi connectivity index (χ3v) is 3.35. The number of ether oxygens (including phenoxy) is 2. The fourth-order valence-electron chi connectivity index (χ4n) is 2.31. The van der Waals surface area contributed by atoms with Crippen molar-refractivity contribution in [3.05, 3.63) is 29.5 Å². The number of amides is 1. The molecule has 3 rings (SSSR count). The van der Waals surface area contributed by atoms with Crippen molar-refractivity contribution in [1.29, 1.82) is 0 Å². The van der Waals surface area contributed by atoms with E-state index >= 15 is 0 Å². The molecule has 1 amide bonds. The number of nitrogens with zero attached hydrogens (tertiary/aromatic N) is 1. The van der Waals surface area contributed by atoms with Crippen molar-refractivity contribution in [3.8, 4) is 11.5 Å². The first-order valence-electron chi connectivity index (χ1n) is 7.04. The van der Waals surface area contributed by atoms with Gasteiger partial charge >= 0.3 is 0 Å². The van der Waals surface area contributed by atoms with Crippen LogP contribution in [0.4, 0.5) is 5.69 Å². The molecule has 0 radical (unpaired) electrons. The molecule has 2 aliphatic heterocycles. The number of fused-ring (bicyclic) bond motifs is 1. The van der Waals surface area contributed by atoms with Crippen LogP contribution in [-0.4, -0.2) is 36.7 Å². The Kier molecular flexibility index (Phi) is 3.86. The Morgan fingerprint density at radius 2 is 2.18 bits per heavy atom. The summed E-state index contributed by atoms with van der Waals surface area (Å²) in [4.78, 5) is 16.7. The van der Waals surface area contributed by atoms with Crippen LogP contribution < -0.4 is 20.1 Å². The van der Waals surface area contributed by atoms with Crippen LogP contribution in [0.5, 0.6) is 11.5 Å². The van der Waals surface area contributed by atoms with E-state index < -0.39 is 5.91 Å². The first kappa shape index (κ1) is 14.2. The van der Waals surface area contributed by atoms with Crippen LogP contribution in [0.1, 0.15) is 13.3 Å². The fraction of sp³-hybridized carbons (Fsp3) is 0.333.